The van der Waals surface area contributed by atoms with E-state index in [4.69, 9.17) is 0 Å². The van der Waals surface area contributed by atoms with E-state index in [-0.39, 0.29) is 17.5 Å². The maximum absolute atomic E-state index is 12.9. The van der Waals surface area contributed by atoms with Gasteiger partial charge < -0.3 is 10.2 Å². The molecule has 1 N–H and O–H groups in total. The minimum absolute atomic E-state index is 0.131. The molecule has 2 heterocycles. The second-order valence-corrected chi connectivity index (χ2v) is 6.89. The molecule has 7 nitrogen and oxygen atoms in total. The minimum Gasteiger partial charge on any atom is -0.366 e. The van der Waals surface area contributed by atoms with Crippen molar-refractivity contribution >= 4 is 23.0 Å². The van der Waals surface area contributed by atoms with Gasteiger partial charge in [0.15, 0.2) is 0 Å². The van der Waals surface area contributed by atoms with Crippen molar-refractivity contribution in [3.05, 3.63) is 57.9 Å². The van der Waals surface area contributed by atoms with Crippen molar-refractivity contribution < 1.29 is 22.9 Å². The van der Waals surface area contributed by atoms with Gasteiger partial charge in [0.25, 0.3) is 5.69 Å². The molecular weight excluding hydrogens is 389 g/mol. The van der Waals surface area contributed by atoms with Crippen molar-refractivity contribution in [1.29, 1.82) is 0 Å². The van der Waals surface area contributed by atoms with Crippen LogP contribution < -0.4 is 10.2 Å². The predicted molar refractivity (Wildman–Crippen MR) is 101 cm³/mol. The van der Waals surface area contributed by atoms with Crippen molar-refractivity contribution in [2.75, 3.05) is 23.3 Å². The van der Waals surface area contributed by atoms with E-state index < -0.39 is 22.4 Å². The molecule has 2 aromatic rings. The van der Waals surface area contributed by atoms with Gasteiger partial charge in [-0.2, -0.15) is 13.2 Å². The molecule has 1 fully saturated rings. The molecule has 1 aromatic heterocycles. The van der Waals surface area contributed by atoms with Gasteiger partial charge in [-0.3, -0.25) is 19.9 Å². The summed E-state index contributed by atoms with van der Waals surface area (Å²) in [5, 5.41) is 14.1. The standard InChI is InChI=1S/C19H19F3N4O3/c1-12-10-15(4-7-23-12)24-18(27)13-5-8-25(9-6-13)16-3-2-14(19(20,21)22)11-17(16)26(28)29/h2-4,7,10-11,13H,5-6,8-9H2,1H3,(H,23,24,27). The number of hydrogen-bond acceptors (Lipinski definition) is 5. The summed E-state index contributed by atoms with van der Waals surface area (Å²) in [5.74, 6) is -0.439. The zero-order chi connectivity index (χ0) is 21.2. The first kappa shape index (κ1) is 20.6. The van der Waals surface area contributed by atoms with E-state index in [0.717, 1.165) is 17.8 Å². The van der Waals surface area contributed by atoms with Gasteiger partial charge in [0.2, 0.25) is 5.91 Å². The number of alkyl halides is 3. The van der Waals surface area contributed by atoms with Gasteiger partial charge in [-0.25, -0.2) is 0 Å². The minimum atomic E-state index is -4.65. The maximum atomic E-state index is 12.9. The third-order valence-electron chi connectivity index (χ3n) is 4.87. The van der Waals surface area contributed by atoms with Crippen LogP contribution in [-0.2, 0) is 11.0 Å². The first-order valence-corrected chi connectivity index (χ1v) is 8.99. The molecule has 1 aliphatic rings. The van der Waals surface area contributed by atoms with Gasteiger partial charge in [0.05, 0.1) is 10.5 Å². The second-order valence-electron chi connectivity index (χ2n) is 6.89. The summed E-state index contributed by atoms with van der Waals surface area (Å²) in [7, 11) is 0. The fourth-order valence-corrected chi connectivity index (χ4v) is 3.36. The highest BCUT2D eigenvalue weighted by atomic mass is 19.4. The maximum Gasteiger partial charge on any atom is 0.416 e. The Kier molecular flexibility index (Phi) is 5.71. The molecule has 154 valence electrons. The molecule has 1 amide bonds. The van der Waals surface area contributed by atoms with E-state index in [1.54, 1.807) is 23.2 Å². The average Bonchev–Trinajstić information content (AvgIpc) is 2.67. The number of aryl methyl sites for hydroxylation is 1. The van der Waals surface area contributed by atoms with E-state index >= 15 is 0 Å². The van der Waals surface area contributed by atoms with Crippen LogP contribution in [0.25, 0.3) is 0 Å². The Balaban J connectivity index is 1.69. The average molecular weight is 408 g/mol. The molecule has 0 aliphatic carbocycles. The van der Waals surface area contributed by atoms with Crippen molar-refractivity contribution in [2.45, 2.75) is 25.9 Å². The SMILES string of the molecule is Cc1cc(NC(=O)C2CCN(c3ccc(C(F)(F)F)cc3[N+](=O)[O-])CC2)ccn1. The van der Waals surface area contributed by atoms with Crippen LogP contribution in [0.15, 0.2) is 36.5 Å². The number of hydrogen-bond donors (Lipinski definition) is 1. The number of anilines is 2. The van der Waals surface area contributed by atoms with Crippen molar-refractivity contribution in [1.82, 2.24) is 4.98 Å². The molecule has 1 aromatic carbocycles. The summed E-state index contributed by atoms with van der Waals surface area (Å²) in [6.45, 7) is 2.48. The third-order valence-corrected chi connectivity index (χ3v) is 4.87. The van der Waals surface area contributed by atoms with Gasteiger partial charge in [-0.1, -0.05) is 0 Å². The highest BCUT2D eigenvalue weighted by Gasteiger charge is 2.34. The van der Waals surface area contributed by atoms with E-state index in [2.05, 4.69) is 10.3 Å². The molecule has 0 bridgehead atoms. The Bertz CT molecular complexity index is 925. The lowest BCUT2D eigenvalue weighted by Gasteiger charge is -2.32. The van der Waals surface area contributed by atoms with Crippen LogP contribution in [-0.4, -0.2) is 28.9 Å². The molecule has 0 unspecified atom stereocenters. The number of benzene rings is 1. The monoisotopic (exact) mass is 408 g/mol. The lowest BCUT2D eigenvalue weighted by molar-refractivity contribution is -0.384. The van der Waals surface area contributed by atoms with E-state index in [9.17, 15) is 28.1 Å². The highest BCUT2D eigenvalue weighted by molar-refractivity contribution is 5.92. The number of amides is 1. The Morgan fingerprint density at radius 1 is 1.24 bits per heavy atom. The first-order valence-electron chi connectivity index (χ1n) is 8.99. The molecule has 1 aliphatic heterocycles. The summed E-state index contributed by atoms with van der Waals surface area (Å²) in [6.07, 6.45) is -2.18. The third kappa shape index (κ3) is 4.82. The summed E-state index contributed by atoms with van der Waals surface area (Å²) in [5.41, 5.74) is -0.105. The Morgan fingerprint density at radius 2 is 1.93 bits per heavy atom. The van der Waals surface area contributed by atoms with Gasteiger partial charge >= 0.3 is 6.18 Å². The normalized spacial score (nSPS) is 15.2. The zero-order valence-electron chi connectivity index (χ0n) is 15.6. The number of halogens is 3. The van der Waals surface area contributed by atoms with E-state index in [1.165, 1.54) is 0 Å². The first-order chi connectivity index (χ1) is 13.6. The van der Waals surface area contributed by atoms with Gasteiger partial charge in [-0.15, -0.1) is 0 Å². The number of nitrogens with one attached hydrogen (secondary N) is 1. The molecule has 0 saturated carbocycles. The molecular formula is C19H19F3N4O3. The number of aromatic nitrogens is 1. The fraction of sp³-hybridized carbons (Fsp3) is 0.368. The number of nitrogens with zero attached hydrogens (tertiary/aromatic N) is 3. The molecule has 0 atom stereocenters. The van der Waals surface area contributed by atoms with Crippen LogP contribution in [0.1, 0.15) is 24.1 Å². The van der Waals surface area contributed by atoms with Crippen molar-refractivity contribution in [3.8, 4) is 0 Å². The molecule has 3 rings (SSSR count). The summed E-state index contributed by atoms with van der Waals surface area (Å²) in [4.78, 5) is 28.7. The number of carbonyl (C=O) groups is 1. The van der Waals surface area contributed by atoms with Crippen LogP contribution in [0.5, 0.6) is 0 Å². The summed E-state index contributed by atoms with van der Waals surface area (Å²) >= 11 is 0. The van der Waals surface area contributed by atoms with Crippen LogP contribution >= 0.6 is 0 Å². The van der Waals surface area contributed by atoms with Gasteiger partial charge in [0.1, 0.15) is 5.69 Å². The van der Waals surface area contributed by atoms with Crippen LogP contribution in [0.4, 0.5) is 30.2 Å². The number of pyridine rings is 1. The molecule has 10 heteroatoms. The lowest BCUT2D eigenvalue weighted by atomic mass is 9.95. The smallest absolute Gasteiger partial charge is 0.366 e. The lowest BCUT2D eigenvalue weighted by Crippen LogP contribution is -2.38. The predicted octanol–water partition coefficient (Wildman–Crippen LogP) is 4.17. The van der Waals surface area contributed by atoms with Gasteiger partial charge in [0, 0.05) is 42.7 Å². The second kappa shape index (κ2) is 8.06. The van der Waals surface area contributed by atoms with Crippen LogP contribution in [0, 0.1) is 23.0 Å². The Hall–Kier alpha value is -3.17. The van der Waals surface area contributed by atoms with Crippen molar-refractivity contribution in [2.24, 2.45) is 5.92 Å². The van der Waals surface area contributed by atoms with Gasteiger partial charge in [-0.05, 0) is 44.0 Å². The Morgan fingerprint density at radius 3 is 2.52 bits per heavy atom. The van der Waals surface area contributed by atoms with Crippen LogP contribution in [0.2, 0.25) is 0 Å². The molecule has 0 spiro atoms. The quantitative estimate of drug-likeness (QED) is 0.606. The number of carbonyl (C=O) groups excluding carboxylic acids is 1. The van der Waals surface area contributed by atoms with E-state index in [1.807, 2.05) is 6.92 Å². The van der Waals surface area contributed by atoms with Crippen molar-refractivity contribution in [3.63, 3.8) is 0 Å². The zero-order valence-corrected chi connectivity index (χ0v) is 15.6. The number of nitro benzene ring substituents is 1. The van der Waals surface area contributed by atoms with E-state index in [0.29, 0.717) is 37.7 Å². The molecule has 1 saturated heterocycles. The summed E-state index contributed by atoms with van der Waals surface area (Å²) in [6, 6.07) is 5.96. The molecule has 0 radical (unpaired) electrons. The highest BCUT2D eigenvalue weighted by Crippen LogP contribution is 2.37. The topological polar surface area (TPSA) is 88.4 Å². The molecule has 29 heavy (non-hydrogen) atoms. The van der Waals surface area contributed by atoms with Crippen LogP contribution in [0.3, 0.4) is 0 Å². The number of rotatable bonds is 4. The Labute approximate surface area is 164 Å². The summed E-state index contributed by atoms with van der Waals surface area (Å²) < 4.78 is 38.6. The number of piperidine rings is 1. The largest absolute Gasteiger partial charge is 0.416 e. The fourth-order valence-electron chi connectivity index (χ4n) is 3.36. The number of nitro groups is 1.